The van der Waals surface area contributed by atoms with Gasteiger partial charge in [0, 0.05) is 23.9 Å². The highest BCUT2D eigenvalue weighted by Gasteiger charge is 2.24. The predicted octanol–water partition coefficient (Wildman–Crippen LogP) is 6.01. The molecule has 0 saturated heterocycles. The lowest BCUT2D eigenvalue weighted by atomic mass is 10.2. The summed E-state index contributed by atoms with van der Waals surface area (Å²) >= 11 is 7.90. The first-order valence-electron chi connectivity index (χ1n) is 10.9. The molecule has 6 nitrogen and oxygen atoms in total. The van der Waals surface area contributed by atoms with E-state index in [2.05, 4.69) is 0 Å². The molecule has 0 N–H and O–H groups in total. The van der Waals surface area contributed by atoms with Gasteiger partial charge < -0.3 is 4.74 Å². The Hall–Kier alpha value is -2.52. The molecule has 1 aromatic heterocycles. The Morgan fingerprint density at radius 2 is 1.74 bits per heavy atom. The quantitative estimate of drug-likeness (QED) is 0.255. The molecule has 0 unspecified atom stereocenters. The smallest absolute Gasteiger partial charge is 0.243 e. The van der Waals surface area contributed by atoms with Crippen LogP contribution in [-0.4, -0.2) is 42.5 Å². The highest BCUT2D eigenvalue weighted by molar-refractivity contribution is 7.98. The molecule has 0 aliphatic carbocycles. The fourth-order valence-corrected chi connectivity index (χ4v) is 6.60. The van der Waals surface area contributed by atoms with Crippen LogP contribution in [0.1, 0.15) is 19.4 Å². The standard InChI is InChI=1S/C25H26ClN3O3S2/c1-4-28(5-2)34(30,31)19-14-15-22-21(16-19)27-25(33-17-18-10-6-7-11-20(18)26)29(22)23-12-8-9-13-24(23)32-3/h6-16H,4-5,17H2,1-3H3. The van der Waals surface area contributed by atoms with E-state index in [9.17, 15) is 8.42 Å². The van der Waals surface area contributed by atoms with Crippen molar-refractivity contribution in [1.82, 2.24) is 13.9 Å². The topological polar surface area (TPSA) is 64.4 Å². The Morgan fingerprint density at radius 3 is 2.44 bits per heavy atom. The Morgan fingerprint density at radius 1 is 1.03 bits per heavy atom. The molecule has 0 fully saturated rings. The highest BCUT2D eigenvalue weighted by Crippen LogP contribution is 2.35. The first kappa shape index (κ1) is 24.6. The van der Waals surface area contributed by atoms with Crippen molar-refractivity contribution in [1.29, 1.82) is 0 Å². The summed E-state index contributed by atoms with van der Waals surface area (Å²) in [7, 11) is -1.97. The van der Waals surface area contributed by atoms with Gasteiger partial charge in [0.25, 0.3) is 0 Å². The number of nitrogens with zero attached hydrogens (tertiary/aromatic N) is 3. The van der Waals surface area contributed by atoms with Crippen LogP contribution >= 0.6 is 23.4 Å². The van der Waals surface area contributed by atoms with E-state index in [1.807, 2.05) is 73.0 Å². The lowest BCUT2D eigenvalue weighted by Crippen LogP contribution is -2.30. The van der Waals surface area contributed by atoms with Crippen LogP contribution in [0.5, 0.6) is 5.75 Å². The van der Waals surface area contributed by atoms with Gasteiger partial charge in [-0.05, 0) is 42.0 Å². The van der Waals surface area contributed by atoms with Crippen LogP contribution in [0.25, 0.3) is 16.7 Å². The van der Waals surface area contributed by atoms with Gasteiger partial charge in [-0.3, -0.25) is 4.57 Å². The number of hydrogen-bond acceptors (Lipinski definition) is 5. The Kier molecular flexibility index (Phi) is 7.52. The first-order chi connectivity index (χ1) is 16.4. The van der Waals surface area contributed by atoms with E-state index in [1.54, 1.807) is 19.2 Å². The Bertz CT molecular complexity index is 1420. The minimum Gasteiger partial charge on any atom is -0.495 e. The molecule has 0 aliphatic rings. The number of hydrogen-bond donors (Lipinski definition) is 0. The summed E-state index contributed by atoms with van der Waals surface area (Å²) < 4.78 is 35.3. The first-order valence-corrected chi connectivity index (χ1v) is 13.7. The fraction of sp³-hybridized carbons (Fsp3) is 0.240. The average Bonchev–Trinajstić information content (AvgIpc) is 3.21. The molecule has 0 saturated carbocycles. The molecule has 4 rings (SSSR count). The maximum Gasteiger partial charge on any atom is 0.243 e. The summed E-state index contributed by atoms with van der Waals surface area (Å²) in [6, 6.07) is 20.5. The monoisotopic (exact) mass is 515 g/mol. The third-order valence-electron chi connectivity index (χ3n) is 5.58. The second-order valence-corrected chi connectivity index (χ2v) is 10.8. The average molecular weight is 516 g/mol. The summed E-state index contributed by atoms with van der Waals surface area (Å²) in [6.07, 6.45) is 0. The van der Waals surface area contributed by atoms with Crippen molar-refractivity contribution < 1.29 is 13.2 Å². The van der Waals surface area contributed by atoms with Crippen LogP contribution in [-0.2, 0) is 15.8 Å². The number of sulfonamides is 1. The zero-order valence-corrected chi connectivity index (χ0v) is 21.6. The molecule has 0 bridgehead atoms. The van der Waals surface area contributed by atoms with Gasteiger partial charge in [-0.25, -0.2) is 13.4 Å². The minimum absolute atomic E-state index is 0.232. The van der Waals surface area contributed by atoms with E-state index < -0.39 is 10.0 Å². The van der Waals surface area contributed by atoms with Crippen LogP contribution in [0.15, 0.2) is 76.8 Å². The maximum absolute atomic E-state index is 13.1. The van der Waals surface area contributed by atoms with Gasteiger partial charge >= 0.3 is 0 Å². The molecular weight excluding hydrogens is 490 g/mol. The minimum atomic E-state index is -3.60. The summed E-state index contributed by atoms with van der Waals surface area (Å²) in [5.41, 5.74) is 3.22. The maximum atomic E-state index is 13.1. The van der Waals surface area contributed by atoms with E-state index >= 15 is 0 Å². The van der Waals surface area contributed by atoms with Crippen molar-refractivity contribution >= 4 is 44.4 Å². The van der Waals surface area contributed by atoms with Crippen molar-refractivity contribution in [3.05, 3.63) is 77.3 Å². The lowest BCUT2D eigenvalue weighted by Gasteiger charge is -2.18. The predicted molar refractivity (Wildman–Crippen MR) is 139 cm³/mol. The largest absolute Gasteiger partial charge is 0.495 e. The molecule has 0 spiro atoms. The second-order valence-electron chi connectivity index (χ2n) is 7.52. The van der Waals surface area contributed by atoms with Crippen LogP contribution in [0.4, 0.5) is 0 Å². The number of benzene rings is 3. The van der Waals surface area contributed by atoms with Gasteiger partial charge in [-0.15, -0.1) is 0 Å². The molecule has 9 heteroatoms. The van der Waals surface area contributed by atoms with E-state index in [0.29, 0.717) is 35.1 Å². The van der Waals surface area contributed by atoms with E-state index in [1.165, 1.54) is 16.1 Å². The number of para-hydroxylation sites is 2. The summed E-state index contributed by atoms with van der Waals surface area (Å²) in [4.78, 5) is 5.07. The molecule has 1 heterocycles. The molecule has 178 valence electrons. The van der Waals surface area contributed by atoms with Gasteiger partial charge in [0.1, 0.15) is 5.75 Å². The summed E-state index contributed by atoms with van der Waals surface area (Å²) in [5, 5.41) is 1.42. The van der Waals surface area contributed by atoms with E-state index in [0.717, 1.165) is 21.9 Å². The third-order valence-corrected chi connectivity index (χ3v) is 8.98. The molecule has 0 radical (unpaired) electrons. The van der Waals surface area contributed by atoms with Crippen molar-refractivity contribution in [3.63, 3.8) is 0 Å². The third kappa shape index (κ3) is 4.68. The molecule has 3 aromatic carbocycles. The number of ether oxygens (including phenoxy) is 1. The Labute approximate surface area is 209 Å². The van der Waals surface area contributed by atoms with E-state index in [-0.39, 0.29) is 4.90 Å². The number of imidazole rings is 1. The molecule has 0 atom stereocenters. The van der Waals surface area contributed by atoms with E-state index in [4.69, 9.17) is 21.3 Å². The molecule has 0 amide bonds. The number of halogens is 1. The summed E-state index contributed by atoms with van der Waals surface area (Å²) in [6.45, 7) is 4.48. The molecule has 4 aromatic rings. The second kappa shape index (κ2) is 10.4. The SMILES string of the molecule is CCN(CC)S(=O)(=O)c1ccc2c(c1)nc(SCc1ccccc1Cl)n2-c1ccccc1OC. The lowest BCUT2D eigenvalue weighted by molar-refractivity contribution is 0.412. The fourth-order valence-electron chi connectivity index (χ4n) is 3.81. The van der Waals surface area contributed by atoms with Gasteiger partial charge in [-0.1, -0.05) is 67.5 Å². The van der Waals surface area contributed by atoms with Crippen molar-refractivity contribution in [2.75, 3.05) is 20.2 Å². The van der Waals surface area contributed by atoms with Crippen LogP contribution in [0, 0.1) is 0 Å². The van der Waals surface area contributed by atoms with Crippen molar-refractivity contribution in [3.8, 4) is 11.4 Å². The molecular formula is C25H26ClN3O3S2. The summed E-state index contributed by atoms with van der Waals surface area (Å²) in [5.74, 6) is 1.31. The normalized spacial score (nSPS) is 11.9. The van der Waals surface area contributed by atoms with Crippen molar-refractivity contribution in [2.24, 2.45) is 0 Å². The van der Waals surface area contributed by atoms with Crippen LogP contribution < -0.4 is 4.74 Å². The number of rotatable bonds is 9. The van der Waals surface area contributed by atoms with Crippen LogP contribution in [0.2, 0.25) is 5.02 Å². The molecule has 34 heavy (non-hydrogen) atoms. The zero-order chi connectivity index (χ0) is 24.3. The number of thioether (sulfide) groups is 1. The highest BCUT2D eigenvalue weighted by atomic mass is 35.5. The molecule has 0 aliphatic heterocycles. The zero-order valence-electron chi connectivity index (χ0n) is 19.2. The van der Waals surface area contributed by atoms with Gasteiger partial charge in [0.2, 0.25) is 10.0 Å². The number of fused-ring (bicyclic) bond motifs is 1. The van der Waals surface area contributed by atoms with Gasteiger partial charge in [-0.2, -0.15) is 4.31 Å². The van der Waals surface area contributed by atoms with Crippen molar-refractivity contribution in [2.45, 2.75) is 29.7 Å². The van der Waals surface area contributed by atoms with Crippen LogP contribution in [0.3, 0.4) is 0 Å². The number of aromatic nitrogens is 2. The number of methoxy groups -OCH3 is 1. The Balaban J connectivity index is 1.86. The van der Waals surface area contributed by atoms with Gasteiger partial charge in [0.15, 0.2) is 5.16 Å². The van der Waals surface area contributed by atoms with Gasteiger partial charge in [0.05, 0.1) is 28.7 Å².